The molecule has 0 aromatic heterocycles. The highest BCUT2D eigenvalue weighted by molar-refractivity contribution is 5.72. The van der Waals surface area contributed by atoms with Crippen LogP contribution in [0.5, 0.6) is 0 Å². The molecule has 1 rings (SSSR count). The zero-order valence-electron chi connectivity index (χ0n) is 6.14. The van der Waals surface area contributed by atoms with E-state index in [9.17, 15) is 18.0 Å². The van der Waals surface area contributed by atoms with Crippen LogP contribution in [0.1, 0.15) is 0 Å². The number of nitrogens with two attached hydrogens (primary N) is 1. The van der Waals surface area contributed by atoms with Gasteiger partial charge in [-0.3, -0.25) is 0 Å². The summed E-state index contributed by atoms with van der Waals surface area (Å²) in [5.74, 6) is -1.52. The number of amides is 2. The van der Waals surface area contributed by atoms with Crippen LogP contribution >= 0.6 is 0 Å². The number of hydrogen-bond acceptors (Lipinski definition) is 1. The zero-order chi connectivity index (χ0) is 9.35. The van der Waals surface area contributed by atoms with Gasteiger partial charge >= 0.3 is 12.2 Å². The molecule has 1 fully saturated rings. The zero-order valence-corrected chi connectivity index (χ0v) is 6.14. The van der Waals surface area contributed by atoms with Gasteiger partial charge in [-0.05, 0) is 6.42 Å². The third kappa shape index (κ3) is 1.80. The third-order valence-corrected chi connectivity index (χ3v) is 1.76. The van der Waals surface area contributed by atoms with Crippen molar-refractivity contribution in [1.29, 1.82) is 0 Å². The van der Waals surface area contributed by atoms with Gasteiger partial charge in [0.15, 0.2) is 0 Å². The molecule has 3 nitrogen and oxygen atoms in total. The quantitative estimate of drug-likeness (QED) is 0.589. The average Bonchev–Trinajstić information content (AvgIpc) is 2.30. The Balaban J connectivity index is 2.51. The van der Waals surface area contributed by atoms with Crippen LogP contribution in [0.3, 0.4) is 0 Å². The molecule has 2 amide bonds. The van der Waals surface area contributed by atoms with E-state index in [4.69, 9.17) is 5.73 Å². The summed E-state index contributed by atoms with van der Waals surface area (Å²) >= 11 is 0. The van der Waals surface area contributed by atoms with Gasteiger partial charge in [0.25, 0.3) is 0 Å². The van der Waals surface area contributed by atoms with E-state index in [1.807, 2.05) is 0 Å². The number of nitrogens with zero attached hydrogens (tertiary/aromatic N) is 1. The maximum absolute atomic E-state index is 12.0. The maximum atomic E-state index is 12.0. The highest BCUT2D eigenvalue weighted by Gasteiger charge is 2.44. The molecule has 1 aliphatic rings. The van der Waals surface area contributed by atoms with E-state index in [2.05, 4.69) is 0 Å². The number of hydrogen-bond donors (Lipinski definition) is 1. The molecule has 1 aliphatic heterocycles. The van der Waals surface area contributed by atoms with Crippen molar-refractivity contribution < 1.29 is 18.0 Å². The van der Waals surface area contributed by atoms with E-state index in [0.717, 1.165) is 11.3 Å². The second kappa shape index (κ2) is 2.84. The first-order valence-electron chi connectivity index (χ1n) is 3.35. The van der Waals surface area contributed by atoms with Crippen molar-refractivity contribution >= 4 is 6.03 Å². The molecule has 6 heteroatoms. The molecule has 0 unspecified atom stereocenters. The van der Waals surface area contributed by atoms with Crippen molar-refractivity contribution in [2.45, 2.75) is 6.18 Å². The molecule has 12 heavy (non-hydrogen) atoms. The SMILES string of the molecule is NC(=O)N1C[CH][C@H](C(F)(F)F)C1. The van der Waals surface area contributed by atoms with Crippen LogP contribution in [-0.4, -0.2) is 30.2 Å². The van der Waals surface area contributed by atoms with Gasteiger partial charge in [-0.1, -0.05) is 0 Å². The topological polar surface area (TPSA) is 46.3 Å². The summed E-state index contributed by atoms with van der Waals surface area (Å²) < 4.78 is 36.0. The van der Waals surface area contributed by atoms with Crippen LogP contribution in [-0.2, 0) is 0 Å². The van der Waals surface area contributed by atoms with Crippen molar-refractivity contribution in [2.24, 2.45) is 11.7 Å². The predicted octanol–water partition coefficient (Wildman–Crippen LogP) is 0.763. The van der Waals surface area contributed by atoms with E-state index in [-0.39, 0.29) is 13.1 Å². The van der Waals surface area contributed by atoms with E-state index >= 15 is 0 Å². The fraction of sp³-hybridized carbons (Fsp3) is 0.667. The molecule has 0 spiro atoms. The van der Waals surface area contributed by atoms with Crippen molar-refractivity contribution in [2.75, 3.05) is 13.1 Å². The number of carbonyl (C=O) groups excluding carboxylic acids is 1. The highest BCUT2D eigenvalue weighted by atomic mass is 19.4. The molecule has 0 aromatic rings. The Labute approximate surface area is 67.3 Å². The van der Waals surface area contributed by atoms with E-state index in [0.29, 0.717) is 0 Å². The lowest BCUT2D eigenvalue weighted by Crippen LogP contribution is -2.35. The van der Waals surface area contributed by atoms with Gasteiger partial charge in [0, 0.05) is 13.1 Å². The first-order valence-corrected chi connectivity index (χ1v) is 3.35. The summed E-state index contributed by atoms with van der Waals surface area (Å²) in [4.78, 5) is 11.4. The van der Waals surface area contributed by atoms with Crippen LogP contribution in [0.4, 0.5) is 18.0 Å². The van der Waals surface area contributed by atoms with Crippen LogP contribution in [0.15, 0.2) is 0 Å². The third-order valence-electron chi connectivity index (χ3n) is 1.76. The largest absolute Gasteiger partial charge is 0.393 e. The number of rotatable bonds is 0. The summed E-state index contributed by atoms with van der Waals surface area (Å²) in [6, 6.07) is -0.807. The van der Waals surface area contributed by atoms with Crippen LogP contribution < -0.4 is 5.73 Å². The number of primary amides is 1. The number of halogens is 3. The molecule has 1 radical (unpaired) electrons. The minimum atomic E-state index is -4.26. The van der Waals surface area contributed by atoms with Gasteiger partial charge in [-0.2, -0.15) is 13.2 Å². The van der Waals surface area contributed by atoms with Crippen molar-refractivity contribution in [1.82, 2.24) is 4.90 Å². The summed E-state index contributed by atoms with van der Waals surface area (Å²) in [6.07, 6.45) is -3.21. The number of alkyl halides is 3. The minimum absolute atomic E-state index is 0.0144. The average molecular weight is 181 g/mol. The highest BCUT2D eigenvalue weighted by Crippen LogP contribution is 2.32. The van der Waals surface area contributed by atoms with E-state index in [1.54, 1.807) is 0 Å². The Hall–Kier alpha value is -0.940. The Morgan fingerprint density at radius 1 is 1.58 bits per heavy atom. The lowest BCUT2D eigenvalue weighted by Gasteiger charge is -2.15. The second-order valence-electron chi connectivity index (χ2n) is 2.63. The van der Waals surface area contributed by atoms with Gasteiger partial charge in [0.2, 0.25) is 0 Å². The molecular formula is C6H8F3N2O. The number of carbonyl (C=O) groups is 1. The Morgan fingerprint density at radius 2 is 2.17 bits per heavy atom. The normalized spacial score (nSPS) is 24.6. The molecule has 1 heterocycles. The summed E-state index contributed by atoms with van der Waals surface area (Å²) in [5.41, 5.74) is 4.80. The Morgan fingerprint density at radius 3 is 2.42 bits per heavy atom. The minimum Gasteiger partial charge on any atom is -0.351 e. The molecule has 0 saturated carbocycles. The number of urea groups is 1. The fourth-order valence-corrected chi connectivity index (χ4v) is 1.06. The molecule has 0 aliphatic carbocycles. The van der Waals surface area contributed by atoms with Crippen LogP contribution in [0.25, 0.3) is 0 Å². The summed E-state index contributed by atoms with van der Waals surface area (Å²) in [7, 11) is 0. The first kappa shape index (κ1) is 9.15. The second-order valence-corrected chi connectivity index (χ2v) is 2.63. The summed E-state index contributed by atoms with van der Waals surface area (Å²) in [6.45, 7) is -0.363. The lowest BCUT2D eigenvalue weighted by molar-refractivity contribution is -0.161. The predicted molar refractivity (Wildman–Crippen MR) is 35.0 cm³/mol. The number of likely N-dealkylation sites (tertiary alicyclic amines) is 1. The van der Waals surface area contributed by atoms with E-state index in [1.165, 1.54) is 0 Å². The Kier molecular flexibility index (Phi) is 2.16. The van der Waals surface area contributed by atoms with Crippen LogP contribution in [0, 0.1) is 12.3 Å². The molecular weight excluding hydrogens is 173 g/mol. The van der Waals surface area contributed by atoms with Gasteiger partial charge in [-0.25, -0.2) is 4.79 Å². The van der Waals surface area contributed by atoms with Gasteiger partial charge in [-0.15, -0.1) is 0 Å². The first-order chi connectivity index (χ1) is 5.41. The molecule has 1 atom stereocenters. The van der Waals surface area contributed by atoms with Gasteiger partial charge in [0.05, 0.1) is 5.92 Å². The van der Waals surface area contributed by atoms with Crippen molar-refractivity contribution in [3.05, 3.63) is 6.42 Å². The van der Waals surface area contributed by atoms with Crippen molar-refractivity contribution in [3.8, 4) is 0 Å². The molecule has 2 N–H and O–H groups in total. The fourth-order valence-electron chi connectivity index (χ4n) is 1.06. The molecule has 0 aromatic carbocycles. The van der Waals surface area contributed by atoms with Gasteiger partial charge < -0.3 is 10.6 Å². The summed E-state index contributed by atoms with van der Waals surface area (Å²) in [5, 5.41) is 0. The van der Waals surface area contributed by atoms with E-state index < -0.39 is 18.1 Å². The Bertz CT molecular complexity index is 192. The maximum Gasteiger partial charge on any atom is 0.393 e. The van der Waals surface area contributed by atoms with Gasteiger partial charge in [0.1, 0.15) is 0 Å². The molecule has 0 bridgehead atoms. The smallest absolute Gasteiger partial charge is 0.351 e. The standard InChI is InChI=1S/C6H8F3N2O/c7-6(8,9)4-1-2-11(3-4)5(10)12/h1,4H,2-3H2,(H2,10,12)/t4-/m0/s1. The molecule has 1 saturated heterocycles. The van der Waals surface area contributed by atoms with Crippen LogP contribution in [0.2, 0.25) is 0 Å². The molecule has 69 valence electrons. The lowest BCUT2D eigenvalue weighted by atomic mass is 10.1. The van der Waals surface area contributed by atoms with Crippen molar-refractivity contribution in [3.63, 3.8) is 0 Å². The monoisotopic (exact) mass is 181 g/mol.